The summed E-state index contributed by atoms with van der Waals surface area (Å²) in [5.41, 5.74) is 3.00. The molecule has 1 N–H and O–H groups in total. The van der Waals surface area contributed by atoms with Gasteiger partial charge in [0, 0.05) is 18.7 Å². The zero-order valence-corrected chi connectivity index (χ0v) is 19.7. The second kappa shape index (κ2) is 11.7. The van der Waals surface area contributed by atoms with Gasteiger partial charge in [-0.15, -0.1) is 0 Å². The number of para-hydroxylation sites is 1. The molecule has 0 aliphatic rings. The van der Waals surface area contributed by atoms with Crippen molar-refractivity contribution in [3.8, 4) is 5.75 Å². The molecule has 0 aliphatic heterocycles. The van der Waals surface area contributed by atoms with Gasteiger partial charge in [-0.2, -0.15) is 5.10 Å². The lowest BCUT2D eigenvalue weighted by atomic mass is 10.2. The van der Waals surface area contributed by atoms with Crippen LogP contribution in [0.5, 0.6) is 5.75 Å². The minimum absolute atomic E-state index is 0.246. The van der Waals surface area contributed by atoms with E-state index in [9.17, 15) is 4.79 Å². The third-order valence-corrected chi connectivity index (χ3v) is 5.82. The molecule has 1 aromatic heterocycles. The number of rotatable bonds is 11. The lowest BCUT2D eigenvalue weighted by Gasteiger charge is -2.19. The van der Waals surface area contributed by atoms with Crippen LogP contribution in [0.3, 0.4) is 0 Å². The highest BCUT2D eigenvalue weighted by Gasteiger charge is 2.20. The first-order valence-corrected chi connectivity index (χ1v) is 11.4. The van der Waals surface area contributed by atoms with Gasteiger partial charge in [0.05, 0.1) is 17.8 Å². The molecule has 170 valence electrons. The summed E-state index contributed by atoms with van der Waals surface area (Å²) in [5, 5.41) is 7.78. The van der Waals surface area contributed by atoms with E-state index < -0.39 is 0 Å². The minimum atomic E-state index is -0.246. The van der Waals surface area contributed by atoms with Crippen LogP contribution in [0.2, 0.25) is 5.15 Å². The van der Waals surface area contributed by atoms with Gasteiger partial charge in [0.15, 0.2) is 0 Å². The molecule has 0 aliphatic carbocycles. The predicted molar refractivity (Wildman–Crippen MR) is 128 cm³/mol. The maximum atomic E-state index is 12.9. The Bertz CT molecular complexity index is 1020. The Balaban J connectivity index is 1.64. The minimum Gasteiger partial charge on any atom is -0.492 e. The van der Waals surface area contributed by atoms with Crippen molar-refractivity contribution >= 4 is 17.5 Å². The molecule has 0 unspecified atom stereocenters. The fourth-order valence-corrected chi connectivity index (χ4v) is 3.87. The summed E-state index contributed by atoms with van der Waals surface area (Å²) in [7, 11) is 0. The first kappa shape index (κ1) is 23.8. The first-order valence-electron chi connectivity index (χ1n) is 11.0. The number of aryl methyl sites for hydroxylation is 1. The molecule has 1 amide bonds. The van der Waals surface area contributed by atoms with Crippen LogP contribution in [0.1, 0.15) is 41.0 Å². The lowest BCUT2D eigenvalue weighted by molar-refractivity contribution is 0.0950. The van der Waals surface area contributed by atoms with E-state index in [1.54, 1.807) is 11.6 Å². The monoisotopic (exact) mass is 454 g/mol. The van der Waals surface area contributed by atoms with Gasteiger partial charge in [0.25, 0.3) is 5.91 Å². The molecule has 1 heterocycles. The molecule has 0 spiro atoms. The average Bonchev–Trinajstić information content (AvgIpc) is 3.09. The largest absolute Gasteiger partial charge is 0.492 e. The Morgan fingerprint density at radius 2 is 1.78 bits per heavy atom. The van der Waals surface area contributed by atoms with Crippen LogP contribution in [0, 0.1) is 6.92 Å². The fraction of sp³-hybridized carbons (Fsp3) is 0.360. The van der Waals surface area contributed by atoms with Crippen LogP contribution in [0.15, 0.2) is 54.6 Å². The molecule has 3 aromatic rings. The lowest BCUT2D eigenvalue weighted by Crippen LogP contribution is -2.28. The second-order valence-corrected chi connectivity index (χ2v) is 7.92. The summed E-state index contributed by atoms with van der Waals surface area (Å²) >= 11 is 6.52. The number of hydrogen-bond donors (Lipinski definition) is 1. The van der Waals surface area contributed by atoms with Crippen molar-refractivity contribution in [3.05, 3.63) is 82.1 Å². The van der Waals surface area contributed by atoms with E-state index in [-0.39, 0.29) is 5.91 Å². The van der Waals surface area contributed by atoms with E-state index in [4.69, 9.17) is 16.3 Å². The zero-order chi connectivity index (χ0) is 22.9. The smallest absolute Gasteiger partial charge is 0.256 e. The number of likely N-dealkylation sites (N-methyl/N-ethyl adjacent to an activating group) is 1. The van der Waals surface area contributed by atoms with Crippen LogP contribution in [0.4, 0.5) is 0 Å². The van der Waals surface area contributed by atoms with Crippen molar-refractivity contribution in [2.24, 2.45) is 0 Å². The Morgan fingerprint density at radius 3 is 2.50 bits per heavy atom. The molecule has 2 aromatic carbocycles. The Hall–Kier alpha value is -2.83. The molecule has 3 rings (SSSR count). The van der Waals surface area contributed by atoms with E-state index in [0.717, 1.165) is 36.5 Å². The van der Waals surface area contributed by atoms with Gasteiger partial charge in [-0.1, -0.05) is 74.0 Å². The molecule has 0 atom stereocenters. The van der Waals surface area contributed by atoms with Gasteiger partial charge < -0.3 is 15.0 Å². The molecule has 0 saturated heterocycles. The fourth-order valence-electron chi connectivity index (χ4n) is 3.55. The van der Waals surface area contributed by atoms with E-state index >= 15 is 0 Å². The molecular formula is C25H31ClN4O2. The summed E-state index contributed by atoms with van der Waals surface area (Å²) in [5.74, 6) is 0.535. The number of carbonyl (C=O) groups excluding carboxylic acids is 1. The van der Waals surface area contributed by atoms with Crippen molar-refractivity contribution in [2.45, 2.75) is 33.9 Å². The van der Waals surface area contributed by atoms with Crippen LogP contribution in [-0.4, -0.2) is 46.8 Å². The molecular weight excluding hydrogens is 424 g/mol. The quantitative estimate of drug-likeness (QED) is 0.462. The zero-order valence-electron chi connectivity index (χ0n) is 19.0. The number of benzene rings is 2. The molecule has 6 nitrogen and oxygen atoms in total. The molecule has 0 saturated carbocycles. The third-order valence-electron chi connectivity index (χ3n) is 5.44. The number of amides is 1. The predicted octanol–water partition coefficient (Wildman–Crippen LogP) is 4.54. The van der Waals surface area contributed by atoms with Gasteiger partial charge in [0.2, 0.25) is 0 Å². The number of ether oxygens (including phenoxy) is 1. The number of nitrogens with one attached hydrogen (secondary N) is 1. The van der Waals surface area contributed by atoms with Crippen LogP contribution in [-0.2, 0) is 13.1 Å². The molecule has 0 bridgehead atoms. The van der Waals surface area contributed by atoms with Crippen molar-refractivity contribution in [1.29, 1.82) is 0 Å². The summed E-state index contributed by atoms with van der Waals surface area (Å²) in [4.78, 5) is 15.2. The van der Waals surface area contributed by atoms with E-state index in [1.165, 1.54) is 0 Å². The molecule has 0 fully saturated rings. The second-order valence-electron chi connectivity index (χ2n) is 7.56. The number of nitrogens with zero attached hydrogens (tertiary/aromatic N) is 3. The maximum Gasteiger partial charge on any atom is 0.256 e. The Morgan fingerprint density at radius 1 is 1.09 bits per heavy atom. The topological polar surface area (TPSA) is 59.4 Å². The van der Waals surface area contributed by atoms with Crippen molar-refractivity contribution in [3.63, 3.8) is 0 Å². The third kappa shape index (κ3) is 6.11. The molecule has 32 heavy (non-hydrogen) atoms. The number of aromatic nitrogens is 2. The van der Waals surface area contributed by atoms with Crippen LogP contribution in [0.25, 0.3) is 0 Å². The molecule has 0 radical (unpaired) electrons. The van der Waals surface area contributed by atoms with E-state index in [0.29, 0.717) is 36.1 Å². The summed E-state index contributed by atoms with van der Waals surface area (Å²) in [6, 6.07) is 17.7. The number of carbonyl (C=O) groups is 1. The van der Waals surface area contributed by atoms with Gasteiger partial charge in [0.1, 0.15) is 17.5 Å². The van der Waals surface area contributed by atoms with E-state index in [1.807, 2.05) is 54.6 Å². The van der Waals surface area contributed by atoms with Crippen LogP contribution < -0.4 is 10.1 Å². The SMILES string of the molecule is CCN(CC)CCOc1ccccc1CNC(=O)c1c(C)nn(Cc2ccccc2)c1Cl. The standard InChI is InChI=1S/C25H31ClN4O2/c1-4-29(5-2)15-16-32-22-14-10-9-13-21(22)17-27-25(31)23-19(3)28-30(24(23)26)18-20-11-7-6-8-12-20/h6-14H,4-5,15-18H2,1-3H3,(H,27,31). The maximum absolute atomic E-state index is 12.9. The molecule has 7 heteroatoms. The average molecular weight is 455 g/mol. The Kier molecular flexibility index (Phi) is 8.71. The number of hydrogen-bond acceptors (Lipinski definition) is 4. The highest BCUT2D eigenvalue weighted by Crippen LogP contribution is 2.22. The normalized spacial score (nSPS) is 11.0. The van der Waals surface area contributed by atoms with Crippen molar-refractivity contribution in [1.82, 2.24) is 20.0 Å². The summed E-state index contributed by atoms with van der Waals surface area (Å²) in [6.07, 6.45) is 0. The van der Waals surface area contributed by atoms with Crippen molar-refractivity contribution in [2.75, 3.05) is 26.2 Å². The van der Waals surface area contributed by atoms with Crippen molar-refractivity contribution < 1.29 is 9.53 Å². The van der Waals surface area contributed by atoms with Crippen LogP contribution >= 0.6 is 11.6 Å². The van der Waals surface area contributed by atoms with E-state index in [2.05, 4.69) is 29.2 Å². The Labute approximate surface area is 195 Å². The number of halogens is 1. The van der Waals surface area contributed by atoms with Gasteiger partial charge >= 0.3 is 0 Å². The summed E-state index contributed by atoms with van der Waals surface area (Å²) in [6.45, 7) is 10.4. The van der Waals surface area contributed by atoms with Gasteiger partial charge in [-0.25, -0.2) is 4.68 Å². The first-order chi connectivity index (χ1) is 15.5. The van der Waals surface area contributed by atoms with Gasteiger partial charge in [-0.05, 0) is 31.6 Å². The highest BCUT2D eigenvalue weighted by molar-refractivity contribution is 6.33. The summed E-state index contributed by atoms with van der Waals surface area (Å²) < 4.78 is 7.65. The van der Waals surface area contributed by atoms with Gasteiger partial charge in [-0.3, -0.25) is 4.79 Å². The highest BCUT2D eigenvalue weighted by atomic mass is 35.5.